The lowest BCUT2D eigenvalue weighted by Crippen LogP contribution is -1.96. The van der Waals surface area contributed by atoms with Crippen LogP contribution in [0.2, 0.25) is 0 Å². The monoisotopic (exact) mass is 151 g/mol. The quantitative estimate of drug-likeness (QED) is 0.710. The molecule has 0 spiro atoms. The largest absolute Gasteiger partial charge is 0.373 e. The molecule has 1 rings (SSSR count). The number of nitrogens with zero attached hydrogens (tertiary/aromatic N) is 2. The Balaban J connectivity index is 2.74. The Morgan fingerprint density at radius 2 is 2.27 bits per heavy atom. The van der Waals surface area contributed by atoms with Crippen LogP contribution in [0, 0.1) is 0 Å². The van der Waals surface area contributed by atoms with Gasteiger partial charge in [0.2, 0.25) is 0 Å². The molecule has 1 N–H and O–H groups in total. The zero-order valence-corrected chi connectivity index (χ0v) is 6.96. The molecule has 0 aliphatic rings. The molecule has 0 aliphatic carbocycles. The van der Waals surface area contributed by atoms with E-state index in [-0.39, 0.29) is 0 Å². The van der Waals surface area contributed by atoms with Gasteiger partial charge in [-0.05, 0) is 6.42 Å². The van der Waals surface area contributed by atoms with Crippen molar-refractivity contribution in [2.24, 2.45) is 0 Å². The molecule has 0 radical (unpaired) electrons. The summed E-state index contributed by atoms with van der Waals surface area (Å²) in [5, 5.41) is 2.97. The minimum atomic E-state index is 0.892. The topological polar surface area (TPSA) is 37.8 Å². The maximum Gasteiger partial charge on any atom is 0.129 e. The predicted molar refractivity (Wildman–Crippen MR) is 45.6 cm³/mol. The lowest BCUT2D eigenvalue weighted by atomic mass is 10.2. The SMILES string of the molecule is CCCc1cc(NC)ncn1. The molecule has 0 bridgehead atoms. The smallest absolute Gasteiger partial charge is 0.129 e. The first-order valence-electron chi connectivity index (χ1n) is 3.85. The average molecular weight is 151 g/mol. The molecule has 0 saturated carbocycles. The lowest BCUT2D eigenvalue weighted by Gasteiger charge is -2.00. The molecule has 11 heavy (non-hydrogen) atoms. The molecule has 0 saturated heterocycles. The summed E-state index contributed by atoms with van der Waals surface area (Å²) in [5.74, 6) is 0.892. The fourth-order valence-electron chi connectivity index (χ4n) is 0.927. The van der Waals surface area contributed by atoms with Crippen LogP contribution < -0.4 is 5.32 Å². The van der Waals surface area contributed by atoms with Crippen LogP contribution in [0.4, 0.5) is 5.82 Å². The van der Waals surface area contributed by atoms with E-state index in [1.165, 1.54) is 0 Å². The highest BCUT2D eigenvalue weighted by Gasteiger charge is 1.94. The zero-order valence-electron chi connectivity index (χ0n) is 6.96. The van der Waals surface area contributed by atoms with Gasteiger partial charge in [-0.15, -0.1) is 0 Å². The van der Waals surface area contributed by atoms with Gasteiger partial charge in [0.05, 0.1) is 0 Å². The van der Waals surface area contributed by atoms with E-state index in [0.717, 1.165) is 24.4 Å². The van der Waals surface area contributed by atoms with E-state index in [9.17, 15) is 0 Å². The average Bonchev–Trinajstić information content (AvgIpc) is 2.06. The molecule has 3 heteroatoms. The van der Waals surface area contributed by atoms with E-state index >= 15 is 0 Å². The summed E-state index contributed by atoms with van der Waals surface area (Å²) in [7, 11) is 1.86. The molecule has 0 unspecified atom stereocenters. The standard InChI is InChI=1S/C8H13N3/c1-3-4-7-5-8(9-2)11-6-10-7/h5-6H,3-4H2,1-2H3,(H,9,10,11). The van der Waals surface area contributed by atoms with Crippen LogP contribution in [0.25, 0.3) is 0 Å². The van der Waals surface area contributed by atoms with Crippen molar-refractivity contribution in [2.45, 2.75) is 19.8 Å². The van der Waals surface area contributed by atoms with Gasteiger partial charge < -0.3 is 5.32 Å². The summed E-state index contributed by atoms with van der Waals surface area (Å²) in [6.07, 6.45) is 3.74. The van der Waals surface area contributed by atoms with E-state index in [1.54, 1.807) is 6.33 Å². The third-order valence-corrected chi connectivity index (χ3v) is 1.49. The number of hydrogen-bond acceptors (Lipinski definition) is 3. The Morgan fingerprint density at radius 3 is 2.91 bits per heavy atom. The fraction of sp³-hybridized carbons (Fsp3) is 0.500. The summed E-state index contributed by atoms with van der Waals surface area (Å²) >= 11 is 0. The Hall–Kier alpha value is -1.12. The fourth-order valence-corrected chi connectivity index (χ4v) is 0.927. The second-order valence-electron chi connectivity index (χ2n) is 2.39. The highest BCUT2D eigenvalue weighted by molar-refractivity contribution is 5.33. The van der Waals surface area contributed by atoms with Crippen molar-refractivity contribution in [3.05, 3.63) is 18.1 Å². The molecule has 0 atom stereocenters. The zero-order chi connectivity index (χ0) is 8.10. The van der Waals surface area contributed by atoms with Crippen LogP contribution in [0.15, 0.2) is 12.4 Å². The van der Waals surface area contributed by atoms with E-state index < -0.39 is 0 Å². The molecule has 1 heterocycles. The number of rotatable bonds is 3. The highest BCUT2D eigenvalue weighted by Crippen LogP contribution is 2.04. The first-order chi connectivity index (χ1) is 5.36. The summed E-state index contributed by atoms with van der Waals surface area (Å²) in [5.41, 5.74) is 1.10. The van der Waals surface area contributed by atoms with Crippen LogP contribution in [0.3, 0.4) is 0 Å². The summed E-state index contributed by atoms with van der Waals surface area (Å²) in [6.45, 7) is 2.14. The van der Waals surface area contributed by atoms with Crippen LogP contribution in [-0.2, 0) is 6.42 Å². The van der Waals surface area contributed by atoms with Gasteiger partial charge in [0.25, 0.3) is 0 Å². The first kappa shape index (κ1) is 7.98. The van der Waals surface area contributed by atoms with Gasteiger partial charge in [-0.2, -0.15) is 0 Å². The molecule has 0 aliphatic heterocycles. The normalized spacial score (nSPS) is 9.64. The first-order valence-corrected chi connectivity index (χ1v) is 3.85. The van der Waals surface area contributed by atoms with Gasteiger partial charge in [0, 0.05) is 18.8 Å². The van der Waals surface area contributed by atoms with E-state index in [1.807, 2.05) is 13.1 Å². The number of hydrogen-bond donors (Lipinski definition) is 1. The molecular weight excluding hydrogens is 138 g/mol. The Morgan fingerprint density at radius 1 is 1.45 bits per heavy atom. The number of anilines is 1. The number of aromatic nitrogens is 2. The molecule has 60 valence electrons. The van der Waals surface area contributed by atoms with Crippen LogP contribution in [0.5, 0.6) is 0 Å². The van der Waals surface area contributed by atoms with Crippen LogP contribution in [0.1, 0.15) is 19.0 Å². The van der Waals surface area contributed by atoms with Crippen molar-refractivity contribution in [3.8, 4) is 0 Å². The second kappa shape index (κ2) is 3.91. The molecule has 0 aromatic carbocycles. The van der Waals surface area contributed by atoms with Crippen molar-refractivity contribution < 1.29 is 0 Å². The van der Waals surface area contributed by atoms with Gasteiger partial charge in [-0.3, -0.25) is 0 Å². The third-order valence-electron chi connectivity index (χ3n) is 1.49. The van der Waals surface area contributed by atoms with Crippen molar-refractivity contribution in [1.82, 2.24) is 9.97 Å². The van der Waals surface area contributed by atoms with Gasteiger partial charge in [0.1, 0.15) is 12.1 Å². The van der Waals surface area contributed by atoms with E-state index in [4.69, 9.17) is 0 Å². The van der Waals surface area contributed by atoms with Crippen molar-refractivity contribution in [1.29, 1.82) is 0 Å². The Kier molecular flexibility index (Phi) is 2.83. The molecule has 1 aromatic rings. The van der Waals surface area contributed by atoms with Crippen LogP contribution >= 0.6 is 0 Å². The minimum absolute atomic E-state index is 0.892. The maximum atomic E-state index is 4.13. The lowest BCUT2D eigenvalue weighted by molar-refractivity contribution is 0.873. The maximum absolute atomic E-state index is 4.13. The van der Waals surface area contributed by atoms with Crippen molar-refractivity contribution in [2.75, 3.05) is 12.4 Å². The van der Waals surface area contributed by atoms with E-state index in [2.05, 4.69) is 22.2 Å². The van der Waals surface area contributed by atoms with Gasteiger partial charge in [-0.25, -0.2) is 9.97 Å². The van der Waals surface area contributed by atoms with Gasteiger partial charge in [-0.1, -0.05) is 13.3 Å². The predicted octanol–water partition coefficient (Wildman–Crippen LogP) is 1.47. The molecule has 1 aromatic heterocycles. The van der Waals surface area contributed by atoms with E-state index in [0.29, 0.717) is 0 Å². The number of nitrogens with one attached hydrogen (secondary N) is 1. The van der Waals surface area contributed by atoms with Crippen molar-refractivity contribution in [3.63, 3.8) is 0 Å². The molecular formula is C8H13N3. The van der Waals surface area contributed by atoms with Crippen molar-refractivity contribution >= 4 is 5.82 Å². The third kappa shape index (κ3) is 2.18. The highest BCUT2D eigenvalue weighted by atomic mass is 15.0. The van der Waals surface area contributed by atoms with Crippen LogP contribution in [-0.4, -0.2) is 17.0 Å². The summed E-state index contributed by atoms with van der Waals surface area (Å²) in [4.78, 5) is 8.14. The molecule has 3 nitrogen and oxygen atoms in total. The van der Waals surface area contributed by atoms with Gasteiger partial charge >= 0.3 is 0 Å². The number of aryl methyl sites for hydroxylation is 1. The minimum Gasteiger partial charge on any atom is -0.373 e. The second-order valence-corrected chi connectivity index (χ2v) is 2.39. The molecule has 0 fully saturated rings. The summed E-state index contributed by atoms with van der Waals surface area (Å²) < 4.78 is 0. The summed E-state index contributed by atoms with van der Waals surface area (Å²) in [6, 6.07) is 1.98. The Labute approximate surface area is 66.9 Å². The molecule has 0 amide bonds. The Bertz CT molecular complexity index is 222. The van der Waals surface area contributed by atoms with Gasteiger partial charge in [0.15, 0.2) is 0 Å².